The van der Waals surface area contributed by atoms with Gasteiger partial charge in [-0.25, -0.2) is 0 Å². The first-order valence-electron chi connectivity index (χ1n) is 5.02. The maximum absolute atomic E-state index is 11.0. The summed E-state index contributed by atoms with van der Waals surface area (Å²) in [6.45, 7) is 7.20. The number of amides is 1. The zero-order valence-corrected chi connectivity index (χ0v) is 9.25. The third-order valence-corrected chi connectivity index (χ3v) is 2.27. The average molecular weight is 200 g/mol. The van der Waals surface area contributed by atoms with Crippen molar-refractivity contribution >= 4 is 11.7 Å². The van der Waals surface area contributed by atoms with Crippen molar-refractivity contribution < 1.29 is 9.59 Å². The number of hydrogen-bond donors (Lipinski definition) is 1. The number of likely N-dealkylation sites (N-methyl/N-ethyl adjacent to an activating group) is 1. The van der Waals surface area contributed by atoms with Crippen LogP contribution in [-0.4, -0.2) is 36.2 Å². The third kappa shape index (κ3) is 4.97. The Morgan fingerprint density at radius 2 is 1.93 bits per heavy atom. The number of carbonyl (C=O) groups excluding carboxylic acids is 2. The molecule has 0 fully saturated rings. The molecule has 0 unspecified atom stereocenters. The van der Waals surface area contributed by atoms with E-state index in [9.17, 15) is 9.59 Å². The normalized spacial score (nSPS) is 12.9. The van der Waals surface area contributed by atoms with Crippen molar-refractivity contribution in [3.8, 4) is 0 Å². The summed E-state index contributed by atoms with van der Waals surface area (Å²) in [4.78, 5) is 23.8. The first-order chi connectivity index (χ1) is 6.51. The summed E-state index contributed by atoms with van der Waals surface area (Å²) in [5, 5.41) is 0. The molecule has 0 aliphatic carbocycles. The molecule has 0 aromatic carbocycles. The molecule has 0 saturated heterocycles. The number of carbonyl (C=O) groups is 2. The molecule has 1 atom stereocenters. The van der Waals surface area contributed by atoms with Gasteiger partial charge in [0.05, 0.1) is 12.5 Å². The van der Waals surface area contributed by atoms with E-state index in [1.54, 1.807) is 6.92 Å². The van der Waals surface area contributed by atoms with Crippen molar-refractivity contribution in [1.29, 1.82) is 0 Å². The van der Waals surface area contributed by atoms with E-state index in [2.05, 4.69) is 0 Å². The molecular formula is C10H20N2O2. The van der Waals surface area contributed by atoms with Crippen molar-refractivity contribution in [3.05, 3.63) is 0 Å². The Hall–Kier alpha value is -0.900. The maximum atomic E-state index is 11.0. The van der Waals surface area contributed by atoms with Gasteiger partial charge < -0.3 is 5.73 Å². The minimum atomic E-state index is -0.283. The quantitative estimate of drug-likeness (QED) is 0.647. The SMILES string of the molecule is CC[C@@H](CN(CC)CC(C)=O)C(N)=O. The molecule has 0 aliphatic heterocycles. The number of nitrogens with two attached hydrogens (primary N) is 1. The Morgan fingerprint density at radius 3 is 2.21 bits per heavy atom. The van der Waals surface area contributed by atoms with Gasteiger partial charge in [0.2, 0.25) is 5.91 Å². The minimum absolute atomic E-state index is 0.117. The van der Waals surface area contributed by atoms with E-state index in [-0.39, 0.29) is 17.6 Å². The van der Waals surface area contributed by atoms with Crippen LogP contribution in [-0.2, 0) is 9.59 Å². The van der Waals surface area contributed by atoms with Crippen LogP contribution >= 0.6 is 0 Å². The van der Waals surface area contributed by atoms with Gasteiger partial charge in [0.25, 0.3) is 0 Å². The van der Waals surface area contributed by atoms with E-state index in [0.29, 0.717) is 13.1 Å². The van der Waals surface area contributed by atoms with Crippen LogP contribution in [0.5, 0.6) is 0 Å². The Morgan fingerprint density at radius 1 is 1.36 bits per heavy atom. The molecular weight excluding hydrogens is 180 g/mol. The monoisotopic (exact) mass is 200 g/mol. The molecule has 1 amide bonds. The van der Waals surface area contributed by atoms with Crippen LogP contribution in [0.4, 0.5) is 0 Å². The van der Waals surface area contributed by atoms with E-state index in [0.717, 1.165) is 13.0 Å². The Bertz CT molecular complexity index is 204. The average Bonchev–Trinajstić information content (AvgIpc) is 2.10. The zero-order chi connectivity index (χ0) is 11.1. The van der Waals surface area contributed by atoms with Crippen LogP contribution in [0.25, 0.3) is 0 Å². The van der Waals surface area contributed by atoms with Crippen molar-refractivity contribution in [2.24, 2.45) is 11.7 Å². The number of primary amides is 1. The first kappa shape index (κ1) is 13.1. The van der Waals surface area contributed by atoms with Gasteiger partial charge >= 0.3 is 0 Å². The third-order valence-electron chi connectivity index (χ3n) is 2.27. The highest BCUT2D eigenvalue weighted by atomic mass is 16.1. The lowest BCUT2D eigenvalue weighted by Crippen LogP contribution is -2.38. The number of hydrogen-bond acceptors (Lipinski definition) is 3. The van der Waals surface area contributed by atoms with Gasteiger partial charge in [-0.15, -0.1) is 0 Å². The zero-order valence-electron chi connectivity index (χ0n) is 9.25. The van der Waals surface area contributed by atoms with Crippen LogP contribution < -0.4 is 5.73 Å². The highest BCUT2D eigenvalue weighted by Crippen LogP contribution is 2.04. The largest absolute Gasteiger partial charge is 0.369 e. The van der Waals surface area contributed by atoms with Crippen molar-refractivity contribution in [1.82, 2.24) is 4.90 Å². The van der Waals surface area contributed by atoms with Crippen LogP contribution in [0.15, 0.2) is 0 Å². The molecule has 0 rings (SSSR count). The van der Waals surface area contributed by atoms with E-state index in [4.69, 9.17) is 5.73 Å². The Kier molecular flexibility index (Phi) is 6.12. The second-order valence-electron chi connectivity index (χ2n) is 3.54. The molecule has 0 aromatic rings. The van der Waals surface area contributed by atoms with E-state index in [1.165, 1.54) is 0 Å². The first-order valence-corrected chi connectivity index (χ1v) is 5.02. The number of rotatable bonds is 7. The van der Waals surface area contributed by atoms with Gasteiger partial charge in [0.1, 0.15) is 5.78 Å². The van der Waals surface area contributed by atoms with Gasteiger partial charge in [-0.2, -0.15) is 0 Å². The minimum Gasteiger partial charge on any atom is -0.369 e. The smallest absolute Gasteiger partial charge is 0.221 e. The topological polar surface area (TPSA) is 63.4 Å². The predicted molar refractivity (Wildman–Crippen MR) is 55.8 cm³/mol. The number of Topliss-reactive ketones (excluding diaryl/α,β-unsaturated/α-hetero) is 1. The van der Waals surface area contributed by atoms with Crippen molar-refractivity contribution in [2.45, 2.75) is 27.2 Å². The second kappa shape index (κ2) is 6.54. The molecule has 0 bridgehead atoms. The standard InChI is InChI=1S/C10H20N2O2/c1-4-9(10(11)14)7-12(5-2)6-8(3)13/h9H,4-7H2,1-3H3,(H2,11,14)/t9-/m0/s1. The van der Waals surface area contributed by atoms with Crippen LogP contribution in [0.3, 0.4) is 0 Å². The molecule has 4 heteroatoms. The lowest BCUT2D eigenvalue weighted by molar-refractivity contribution is -0.124. The van der Waals surface area contributed by atoms with Crippen molar-refractivity contribution in [2.75, 3.05) is 19.6 Å². The lowest BCUT2D eigenvalue weighted by Gasteiger charge is -2.22. The van der Waals surface area contributed by atoms with Gasteiger partial charge in [-0.3, -0.25) is 14.5 Å². The molecule has 82 valence electrons. The Balaban J connectivity index is 4.13. The van der Waals surface area contributed by atoms with Gasteiger partial charge in [-0.1, -0.05) is 13.8 Å². The summed E-state index contributed by atoms with van der Waals surface area (Å²) >= 11 is 0. The predicted octanol–water partition coefficient (Wildman–Crippen LogP) is 0.409. The van der Waals surface area contributed by atoms with Crippen molar-refractivity contribution in [3.63, 3.8) is 0 Å². The van der Waals surface area contributed by atoms with Gasteiger partial charge in [0.15, 0.2) is 0 Å². The summed E-state index contributed by atoms with van der Waals surface area (Å²) in [5.41, 5.74) is 5.23. The van der Waals surface area contributed by atoms with E-state index >= 15 is 0 Å². The Labute approximate surface area is 85.4 Å². The molecule has 0 saturated carbocycles. The van der Waals surface area contributed by atoms with Crippen LogP contribution in [0.1, 0.15) is 27.2 Å². The highest BCUT2D eigenvalue weighted by molar-refractivity contribution is 5.78. The van der Waals surface area contributed by atoms with E-state index in [1.807, 2.05) is 18.7 Å². The van der Waals surface area contributed by atoms with E-state index < -0.39 is 0 Å². The fraction of sp³-hybridized carbons (Fsp3) is 0.800. The molecule has 0 radical (unpaired) electrons. The number of ketones is 1. The van der Waals surface area contributed by atoms with Gasteiger partial charge in [0, 0.05) is 6.54 Å². The molecule has 2 N–H and O–H groups in total. The molecule has 0 heterocycles. The maximum Gasteiger partial charge on any atom is 0.221 e. The lowest BCUT2D eigenvalue weighted by atomic mass is 10.1. The molecule has 0 aromatic heterocycles. The fourth-order valence-electron chi connectivity index (χ4n) is 1.35. The second-order valence-corrected chi connectivity index (χ2v) is 3.54. The summed E-state index contributed by atoms with van der Waals surface area (Å²) in [6.07, 6.45) is 0.726. The summed E-state index contributed by atoms with van der Waals surface area (Å²) in [7, 11) is 0. The molecule has 4 nitrogen and oxygen atoms in total. The highest BCUT2D eigenvalue weighted by Gasteiger charge is 2.17. The molecule has 0 spiro atoms. The fourth-order valence-corrected chi connectivity index (χ4v) is 1.35. The summed E-state index contributed by atoms with van der Waals surface area (Å²) in [6, 6.07) is 0. The molecule has 0 aliphatic rings. The van der Waals surface area contributed by atoms with Gasteiger partial charge in [-0.05, 0) is 19.9 Å². The summed E-state index contributed by atoms with van der Waals surface area (Å²) < 4.78 is 0. The number of nitrogens with zero attached hydrogens (tertiary/aromatic N) is 1. The summed E-state index contributed by atoms with van der Waals surface area (Å²) in [5.74, 6) is -0.310. The van der Waals surface area contributed by atoms with Crippen LogP contribution in [0.2, 0.25) is 0 Å². The molecule has 14 heavy (non-hydrogen) atoms. The van der Waals surface area contributed by atoms with Crippen LogP contribution in [0, 0.1) is 5.92 Å².